The Kier molecular flexibility index (Phi) is 3.38. The molecule has 2 rings (SSSR count). The van der Waals surface area contributed by atoms with Crippen LogP contribution in [0.4, 0.5) is 14.5 Å². The van der Waals surface area contributed by atoms with E-state index in [4.69, 9.17) is 10.4 Å². The molecule has 2 unspecified atom stereocenters. The fraction of sp³-hybridized carbons (Fsp3) is 0.385. The van der Waals surface area contributed by atoms with Gasteiger partial charge in [0.25, 0.3) is 0 Å². The molecule has 0 bridgehead atoms. The van der Waals surface area contributed by atoms with E-state index < -0.39 is 29.6 Å². The molecule has 1 aliphatic heterocycles. The second-order valence-corrected chi connectivity index (χ2v) is 4.57. The number of halogens is 2. The summed E-state index contributed by atoms with van der Waals surface area (Å²) < 4.78 is 27.7. The molecule has 0 spiro atoms. The van der Waals surface area contributed by atoms with Crippen LogP contribution in [-0.4, -0.2) is 23.7 Å². The molecule has 1 N–H and O–H groups in total. The number of anilines is 1. The summed E-state index contributed by atoms with van der Waals surface area (Å²) in [6.45, 7) is 1.90. The summed E-state index contributed by atoms with van der Waals surface area (Å²) in [5.74, 6) is -3.29. The van der Waals surface area contributed by atoms with Gasteiger partial charge in [-0.3, -0.25) is 4.79 Å². The molecule has 0 aromatic heterocycles. The second-order valence-electron chi connectivity index (χ2n) is 4.57. The van der Waals surface area contributed by atoms with Gasteiger partial charge in [0.15, 0.2) is 11.6 Å². The molecule has 19 heavy (non-hydrogen) atoms. The maximum atomic E-state index is 13.9. The molecule has 0 amide bonds. The molecule has 1 aromatic carbocycles. The van der Waals surface area contributed by atoms with Gasteiger partial charge in [-0.25, -0.2) is 8.78 Å². The van der Waals surface area contributed by atoms with E-state index >= 15 is 0 Å². The van der Waals surface area contributed by atoms with Gasteiger partial charge in [0.2, 0.25) is 0 Å². The summed E-state index contributed by atoms with van der Waals surface area (Å²) >= 11 is 0. The molecule has 100 valence electrons. The average Bonchev–Trinajstić information content (AvgIpc) is 2.70. The highest BCUT2D eigenvalue weighted by Gasteiger charge is 2.37. The van der Waals surface area contributed by atoms with E-state index in [1.54, 1.807) is 13.0 Å². The third-order valence-corrected chi connectivity index (χ3v) is 3.51. The number of carboxylic acids is 1. The number of rotatable bonds is 2. The predicted octanol–water partition coefficient (Wildman–Crippen LogP) is 2.14. The van der Waals surface area contributed by atoms with Gasteiger partial charge >= 0.3 is 5.97 Å². The smallest absolute Gasteiger partial charge is 0.308 e. The van der Waals surface area contributed by atoms with Gasteiger partial charge in [-0.15, -0.1) is 0 Å². The van der Waals surface area contributed by atoms with E-state index in [0.717, 1.165) is 12.1 Å². The van der Waals surface area contributed by atoms with Gasteiger partial charge in [0.1, 0.15) is 5.69 Å². The Hall–Kier alpha value is -2.16. The van der Waals surface area contributed by atoms with Crippen molar-refractivity contribution >= 4 is 11.7 Å². The van der Waals surface area contributed by atoms with E-state index in [1.165, 1.54) is 4.90 Å². The first-order valence-electron chi connectivity index (χ1n) is 5.84. The van der Waals surface area contributed by atoms with Crippen molar-refractivity contribution in [1.82, 2.24) is 0 Å². The van der Waals surface area contributed by atoms with Crippen LogP contribution in [0.1, 0.15) is 18.9 Å². The minimum absolute atomic E-state index is 0.0969. The van der Waals surface area contributed by atoms with Crippen molar-refractivity contribution in [2.24, 2.45) is 5.92 Å². The molecule has 1 heterocycles. The van der Waals surface area contributed by atoms with Crippen LogP contribution in [0.3, 0.4) is 0 Å². The monoisotopic (exact) mass is 266 g/mol. The predicted molar refractivity (Wildman–Crippen MR) is 63.6 cm³/mol. The van der Waals surface area contributed by atoms with E-state index in [0.29, 0.717) is 6.42 Å². The Labute approximate surface area is 108 Å². The maximum absolute atomic E-state index is 13.9. The van der Waals surface area contributed by atoms with E-state index in [9.17, 15) is 13.6 Å². The van der Waals surface area contributed by atoms with Gasteiger partial charge < -0.3 is 10.0 Å². The van der Waals surface area contributed by atoms with E-state index in [2.05, 4.69) is 0 Å². The van der Waals surface area contributed by atoms with Crippen LogP contribution >= 0.6 is 0 Å². The topological polar surface area (TPSA) is 64.3 Å². The molecule has 0 saturated carbocycles. The zero-order chi connectivity index (χ0) is 14.2. The number of benzene rings is 1. The Morgan fingerprint density at radius 3 is 2.47 bits per heavy atom. The summed E-state index contributed by atoms with van der Waals surface area (Å²) in [7, 11) is 0. The zero-order valence-electron chi connectivity index (χ0n) is 10.2. The van der Waals surface area contributed by atoms with Gasteiger partial charge in [-0.2, -0.15) is 5.26 Å². The van der Waals surface area contributed by atoms with Crippen molar-refractivity contribution in [3.05, 3.63) is 29.3 Å². The first kappa shape index (κ1) is 13.3. The summed E-state index contributed by atoms with van der Waals surface area (Å²) in [4.78, 5) is 12.4. The SMILES string of the molecule is CC1C(C(=O)O)CCN1c1c(F)cc(C#N)cc1F. The minimum Gasteiger partial charge on any atom is -0.481 e. The van der Waals surface area contributed by atoms with E-state index in [-0.39, 0.29) is 17.8 Å². The molecule has 1 aromatic rings. The van der Waals surface area contributed by atoms with Crippen LogP contribution < -0.4 is 4.90 Å². The second kappa shape index (κ2) is 4.84. The highest BCUT2D eigenvalue weighted by Crippen LogP contribution is 2.34. The number of hydrogen-bond acceptors (Lipinski definition) is 3. The molecule has 1 fully saturated rings. The molecule has 0 aliphatic carbocycles. The van der Waals surface area contributed by atoms with Crippen molar-refractivity contribution in [1.29, 1.82) is 5.26 Å². The lowest BCUT2D eigenvalue weighted by atomic mass is 10.0. The minimum atomic E-state index is -0.968. The molecule has 2 atom stereocenters. The van der Waals surface area contributed by atoms with Crippen LogP contribution in [0.15, 0.2) is 12.1 Å². The fourth-order valence-electron chi connectivity index (χ4n) is 2.49. The molecule has 1 saturated heterocycles. The Morgan fingerprint density at radius 1 is 1.47 bits per heavy atom. The number of carbonyl (C=O) groups is 1. The third kappa shape index (κ3) is 2.24. The Bertz CT molecular complexity index is 545. The quantitative estimate of drug-likeness (QED) is 0.890. The number of carboxylic acid groups (broad SMARTS) is 1. The largest absolute Gasteiger partial charge is 0.481 e. The van der Waals surface area contributed by atoms with Crippen LogP contribution in [0, 0.1) is 28.9 Å². The normalized spacial score (nSPS) is 22.3. The lowest BCUT2D eigenvalue weighted by Gasteiger charge is -2.26. The van der Waals surface area contributed by atoms with Crippen molar-refractivity contribution in [3.8, 4) is 6.07 Å². The molecule has 1 aliphatic rings. The number of nitrogens with zero attached hydrogens (tertiary/aromatic N) is 2. The number of nitriles is 1. The summed E-state index contributed by atoms with van der Waals surface area (Å²) in [5.41, 5.74) is -0.351. The van der Waals surface area contributed by atoms with Gasteiger partial charge in [0, 0.05) is 12.6 Å². The molecular weight excluding hydrogens is 254 g/mol. The van der Waals surface area contributed by atoms with Crippen molar-refractivity contribution in [3.63, 3.8) is 0 Å². The molecule has 6 heteroatoms. The first-order chi connectivity index (χ1) is 8.95. The lowest BCUT2D eigenvalue weighted by molar-refractivity contribution is -0.141. The van der Waals surface area contributed by atoms with Crippen molar-refractivity contribution in [2.75, 3.05) is 11.4 Å². The van der Waals surface area contributed by atoms with Crippen molar-refractivity contribution in [2.45, 2.75) is 19.4 Å². The highest BCUT2D eigenvalue weighted by molar-refractivity contribution is 5.73. The van der Waals surface area contributed by atoms with Crippen LogP contribution in [0.25, 0.3) is 0 Å². The zero-order valence-corrected chi connectivity index (χ0v) is 10.2. The number of hydrogen-bond donors (Lipinski definition) is 1. The Balaban J connectivity index is 2.39. The standard InChI is InChI=1S/C13H12F2N2O2/c1-7-9(13(18)19)2-3-17(7)12-10(14)4-8(6-16)5-11(12)15/h4-5,7,9H,2-3H2,1H3,(H,18,19). The van der Waals surface area contributed by atoms with Crippen LogP contribution in [-0.2, 0) is 4.79 Å². The van der Waals surface area contributed by atoms with Crippen LogP contribution in [0.2, 0.25) is 0 Å². The Morgan fingerprint density at radius 2 is 2.05 bits per heavy atom. The summed E-state index contributed by atoms with van der Waals surface area (Å²) in [5, 5.41) is 17.6. The summed E-state index contributed by atoms with van der Waals surface area (Å²) in [6, 6.07) is 3.10. The van der Waals surface area contributed by atoms with Gasteiger partial charge in [0.05, 0.1) is 17.6 Å². The average molecular weight is 266 g/mol. The molecular formula is C13H12F2N2O2. The summed E-state index contributed by atoms with van der Waals surface area (Å²) in [6.07, 6.45) is 0.343. The van der Waals surface area contributed by atoms with E-state index in [1.807, 2.05) is 0 Å². The highest BCUT2D eigenvalue weighted by atomic mass is 19.1. The maximum Gasteiger partial charge on any atom is 0.308 e. The lowest BCUT2D eigenvalue weighted by Crippen LogP contribution is -2.34. The van der Waals surface area contributed by atoms with Gasteiger partial charge in [-0.05, 0) is 25.5 Å². The number of aliphatic carboxylic acids is 1. The fourth-order valence-corrected chi connectivity index (χ4v) is 2.49. The third-order valence-electron chi connectivity index (χ3n) is 3.51. The van der Waals surface area contributed by atoms with Crippen molar-refractivity contribution < 1.29 is 18.7 Å². The van der Waals surface area contributed by atoms with Gasteiger partial charge in [-0.1, -0.05) is 0 Å². The molecule has 4 nitrogen and oxygen atoms in total. The molecule has 0 radical (unpaired) electrons. The first-order valence-corrected chi connectivity index (χ1v) is 5.84. The van der Waals surface area contributed by atoms with Crippen LogP contribution in [0.5, 0.6) is 0 Å².